The summed E-state index contributed by atoms with van der Waals surface area (Å²) in [6, 6.07) is 4.53. The summed E-state index contributed by atoms with van der Waals surface area (Å²) in [6.07, 6.45) is 0. The molecule has 0 aliphatic rings. The van der Waals surface area contributed by atoms with Gasteiger partial charge in [0.1, 0.15) is 5.54 Å². The van der Waals surface area contributed by atoms with Crippen LogP contribution in [0.5, 0.6) is 0 Å². The first-order valence-corrected chi connectivity index (χ1v) is 4.59. The molecule has 0 aromatic heterocycles. The van der Waals surface area contributed by atoms with Crippen molar-refractivity contribution in [1.82, 2.24) is 0 Å². The van der Waals surface area contributed by atoms with Crippen molar-refractivity contribution in [2.24, 2.45) is 5.73 Å². The molecule has 0 aliphatic heterocycles. The fourth-order valence-electron chi connectivity index (χ4n) is 1.03. The molecule has 1 unspecified atom stereocenters. The van der Waals surface area contributed by atoms with Gasteiger partial charge in [-0.3, -0.25) is 0 Å². The normalized spacial score (nSPS) is 14.9. The lowest BCUT2D eigenvalue weighted by molar-refractivity contribution is -0.143. The minimum atomic E-state index is -1.50. The van der Waals surface area contributed by atoms with E-state index in [1.165, 1.54) is 19.1 Å². The van der Waals surface area contributed by atoms with Crippen LogP contribution in [0, 0.1) is 0 Å². The van der Waals surface area contributed by atoms with Gasteiger partial charge >= 0.3 is 5.97 Å². The average Bonchev–Trinajstić information content (AvgIpc) is 2.02. The van der Waals surface area contributed by atoms with Crippen molar-refractivity contribution in [3.63, 3.8) is 0 Å². The third-order valence-corrected chi connectivity index (χ3v) is 2.48. The molecule has 3 nitrogen and oxygen atoms in total. The van der Waals surface area contributed by atoms with Gasteiger partial charge in [-0.25, -0.2) is 4.79 Å². The van der Waals surface area contributed by atoms with Gasteiger partial charge in [0.05, 0.1) is 0 Å². The molecular formula is C9H9Cl2NO2. The van der Waals surface area contributed by atoms with Gasteiger partial charge in [-0.15, -0.1) is 0 Å². The monoisotopic (exact) mass is 233 g/mol. The fraction of sp³-hybridized carbons (Fsp3) is 0.222. The molecule has 0 heterocycles. The van der Waals surface area contributed by atoms with Crippen LogP contribution < -0.4 is 5.73 Å². The maximum atomic E-state index is 10.8. The number of carbonyl (C=O) groups is 1. The molecule has 76 valence electrons. The van der Waals surface area contributed by atoms with E-state index >= 15 is 0 Å². The summed E-state index contributed by atoms with van der Waals surface area (Å²) < 4.78 is 0. The summed E-state index contributed by atoms with van der Waals surface area (Å²) in [5.74, 6) is -1.14. The largest absolute Gasteiger partial charge is 0.480 e. The lowest BCUT2D eigenvalue weighted by Crippen LogP contribution is -2.41. The first-order chi connectivity index (χ1) is 6.35. The van der Waals surface area contributed by atoms with Gasteiger partial charge in [0.15, 0.2) is 0 Å². The molecule has 1 aromatic carbocycles. The van der Waals surface area contributed by atoms with Crippen LogP contribution in [0.25, 0.3) is 0 Å². The lowest BCUT2D eigenvalue weighted by atomic mass is 9.93. The highest BCUT2D eigenvalue weighted by atomic mass is 35.5. The number of rotatable bonds is 2. The van der Waals surface area contributed by atoms with E-state index in [1.54, 1.807) is 6.07 Å². The number of nitrogens with two attached hydrogens (primary N) is 1. The highest BCUT2D eigenvalue weighted by Crippen LogP contribution is 2.28. The van der Waals surface area contributed by atoms with E-state index in [0.717, 1.165) is 0 Å². The van der Waals surface area contributed by atoms with E-state index in [1.807, 2.05) is 0 Å². The van der Waals surface area contributed by atoms with Crippen molar-refractivity contribution in [1.29, 1.82) is 0 Å². The number of carboxylic acid groups (broad SMARTS) is 1. The first-order valence-electron chi connectivity index (χ1n) is 3.83. The zero-order valence-corrected chi connectivity index (χ0v) is 8.93. The van der Waals surface area contributed by atoms with Crippen LogP contribution in [0.3, 0.4) is 0 Å². The topological polar surface area (TPSA) is 63.3 Å². The summed E-state index contributed by atoms with van der Waals surface area (Å²) >= 11 is 11.5. The summed E-state index contributed by atoms with van der Waals surface area (Å²) in [4.78, 5) is 10.8. The molecule has 1 rings (SSSR count). The number of hydrogen-bond acceptors (Lipinski definition) is 2. The van der Waals surface area contributed by atoms with Crippen LogP contribution in [-0.4, -0.2) is 11.1 Å². The maximum absolute atomic E-state index is 10.8. The minimum Gasteiger partial charge on any atom is -0.480 e. The van der Waals surface area contributed by atoms with Gasteiger partial charge in [0.25, 0.3) is 0 Å². The van der Waals surface area contributed by atoms with Crippen molar-refractivity contribution < 1.29 is 9.90 Å². The van der Waals surface area contributed by atoms with Crippen molar-refractivity contribution in [2.75, 3.05) is 0 Å². The molecule has 14 heavy (non-hydrogen) atoms. The van der Waals surface area contributed by atoms with Crippen molar-refractivity contribution in [3.05, 3.63) is 33.8 Å². The zero-order valence-electron chi connectivity index (χ0n) is 7.42. The molecule has 0 saturated carbocycles. The predicted molar refractivity (Wildman–Crippen MR) is 55.6 cm³/mol. The number of carboxylic acids is 1. The molecule has 0 bridgehead atoms. The quantitative estimate of drug-likeness (QED) is 0.824. The fourth-order valence-corrected chi connectivity index (χ4v) is 1.63. The molecule has 0 fully saturated rings. The molecule has 0 amide bonds. The highest BCUT2D eigenvalue weighted by molar-refractivity contribution is 6.35. The van der Waals surface area contributed by atoms with E-state index < -0.39 is 11.5 Å². The average molecular weight is 234 g/mol. The Morgan fingerprint density at radius 3 is 2.50 bits per heavy atom. The third-order valence-electron chi connectivity index (χ3n) is 1.93. The SMILES string of the molecule is CC(N)(C(=O)O)c1ccc(Cl)cc1Cl. The maximum Gasteiger partial charge on any atom is 0.328 e. The second-order valence-electron chi connectivity index (χ2n) is 3.13. The van der Waals surface area contributed by atoms with Crippen LogP contribution in [0.4, 0.5) is 0 Å². The third kappa shape index (κ3) is 2.00. The minimum absolute atomic E-state index is 0.255. The van der Waals surface area contributed by atoms with Crippen LogP contribution >= 0.6 is 23.2 Å². The molecule has 0 aliphatic carbocycles. The Morgan fingerprint density at radius 2 is 2.07 bits per heavy atom. The van der Waals surface area contributed by atoms with Gasteiger partial charge < -0.3 is 10.8 Å². The van der Waals surface area contributed by atoms with Gasteiger partial charge in [-0.1, -0.05) is 29.3 Å². The molecule has 0 radical (unpaired) electrons. The van der Waals surface area contributed by atoms with Crippen LogP contribution in [0.2, 0.25) is 10.0 Å². The van der Waals surface area contributed by atoms with Gasteiger partial charge in [-0.2, -0.15) is 0 Å². The smallest absolute Gasteiger partial charge is 0.328 e. The van der Waals surface area contributed by atoms with Crippen LogP contribution in [0.15, 0.2) is 18.2 Å². The first kappa shape index (κ1) is 11.3. The number of hydrogen-bond donors (Lipinski definition) is 2. The summed E-state index contributed by atoms with van der Waals surface area (Å²) in [7, 11) is 0. The number of aliphatic carboxylic acids is 1. The van der Waals surface area contributed by atoms with Gasteiger partial charge in [-0.05, 0) is 19.1 Å². The lowest BCUT2D eigenvalue weighted by Gasteiger charge is -2.20. The highest BCUT2D eigenvalue weighted by Gasteiger charge is 2.32. The molecule has 5 heteroatoms. The molecule has 0 spiro atoms. The molecule has 0 saturated heterocycles. The zero-order chi connectivity index (χ0) is 10.9. The second-order valence-corrected chi connectivity index (χ2v) is 3.98. The summed E-state index contributed by atoms with van der Waals surface area (Å²) in [5, 5.41) is 9.57. The summed E-state index contributed by atoms with van der Waals surface area (Å²) in [6.45, 7) is 1.38. The summed E-state index contributed by atoms with van der Waals surface area (Å²) in [5.41, 5.74) is 4.45. The predicted octanol–water partition coefficient (Wildman–Crippen LogP) is 2.25. The Bertz CT molecular complexity index is 377. The van der Waals surface area contributed by atoms with E-state index in [0.29, 0.717) is 10.6 Å². The Balaban J connectivity index is 3.26. The van der Waals surface area contributed by atoms with E-state index in [2.05, 4.69) is 0 Å². The van der Waals surface area contributed by atoms with Crippen LogP contribution in [0.1, 0.15) is 12.5 Å². The van der Waals surface area contributed by atoms with E-state index in [-0.39, 0.29) is 5.02 Å². The molecule has 1 atom stereocenters. The number of halogens is 2. The van der Waals surface area contributed by atoms with Crippen molar-refractivity contribution in [3.8, 4) is 0 Å². The van der Waals surface area contributed by atoms with E-state index in [9.17, 15) is 4.79 Å². The van der Waals surface area contributed by atoms with Gasteiger partial charge in [0.2, 0.25) is 0 Å². The second kappa shape index (κ2) is 3.77. The standard InChI is InChI=1S/C9H9Cl2NO2/c1-9(12,8(13)14)6-3-2-5(10)4-7(6)11/h2-4H,12H2,1H3,(H,13,14). The molecular weight excluding hydrogens is 225 g/mol. The Hall–Kier alpha value is -0.770. The Labute approximate surface area is 91.4 Å². The van der Waals surface area contributed by atoms with E-state index in [4.69, 9.17) is 34.0 Å². The molecule has 1 aromatic rings. The Morgan fingerprint density at radius 1 is 1.50 bits per heavy atom. The molecule has 3 N–H and O–H groups in total. The van der Waals surface area contributed by atoms with Crippen molar-refractivity contribution >= 4 is 29.2 Å². The van der Waals surface area contributed by atoms with Crippen molar-refractivity contribution in [2.45, 2.75) is 12.5 Å². The Kier molecular flexibility index (Phi) is 3.04. The van der Waals surface area contributed by atoms with Gasteiger partial charge in [0, 0.05) is 15.6 Å². The van der Waals surface area contributed by atoms with Crippen LogP contribution in [-0.2, 0) is 10.3 Å². The number of benzene rings is 1.